The molecule has 0 saturated heterocycles. The molecule has 0 bridgehead atoms. The molecule has 1 aliphatic rings. The molecule has 0 saturated carbocycles. The van der Waals surface area contributed by atoms with Crippen LogP contribution < -0.4 is 5.32 Å². The Balaban J connectivity index is 1.88. The molecule has 4 atom stereocenters. The highest BCUT2D eigenvalue weighted by Crippen LogP contribution is 2.34. The molecule has 0 heterocycles. The zero-order valence-electron chi connectivity index (χ0n) is 18.0. The minimum atomic E-state index is -0.193. The number of nitriles is 3. The van der Waals surface area contributed by atoms with Crippen molar-refractivity contribution in [3.63, 3.8) is 0 Å². The van der Waals surface area contributed by atoms with E-state index in [9.17, 15) is 15.8 Å². The van der Waals surface area contributed by atoms with Crippen LogP contribution in [0, 0.1) is 39.9 Å². The van der Waals surface area contributed by atoms with E-state index in [-0.39, 0.29) is 18.0 Å². The zero-order chi connectivity index (χ0) is 22.9. The third-order valence-corrected chi connectivity index (χ3v) is 6.21. The van der Waals surface area contributed by atoms with Gasteiger partial charge in [-0.25, -0.2) is 0 Å². The van der Waals surface area contributed by atoms with E-state index in [0.717, 1.165) is 29.0 Å². The van der Waals surface area contributed by atoms with Gasteiger partial charge in [0.1, 0.15) is 0 Å². The molecule has 2 aromatic rings. The number of hydrogen-bond donors (Lipinski definition) is 1. The quantitative estimate of drug-likeness (QED) is 0.526. The van der Waals surface area contributed by atoms with Gasteiger partial charge >= 0.3 is 0 Å². The Hall–Kier alpha value is -3.36. The van der Waals surface area contributed by atoms with Gasteiger partial charge in [-0.05, 0) is 73.1 Å². The van der Waals surface area contributed by atoms with E-state index >= 15 is 0 Å². The zero-order valence-corrected chi connectivity index (χ0v) is 18.8. The molecule has 0 amide bonds. The van der Waals surface area contributed by atoms with Crippen molar-refractivity contribution in [3.8, 4) is 18.2 Å². The Morgan fingerprint density at radius 2 is 1.69 bits per heavy atom. The van der Waals surface area contributed by atoms with Crippen LogP contribution in [-0.4, -0.2) is 6.04 Å². The highest BCUT2D eigenvalue weighted by molar-refractivity contribution is 6.31. The molecule has 0 aromatic heterocycles. The number of benzene rings is 2. The number of rotatable bonds is 8. The van der Waals surface area contributed by atoms with Crippen LogP contribution in [0.3, 0.4) is 0 Å². The topological polar surface area (TPSA) is 83.4 Å². The van der Waals surface area contributed by atoms with E-state index in [0.29, 0.717) is 23.5 Å². The molecule has 0 aliphatic heterocycles. The van der Waals surface area contributed by atoms with Crippen LogP contribution in [0.4, 0.5) is 0 Å². The van der Waals surface area contributed by atoms with E-state index in [1.807, 2.05) is 48.6 Å². The summed E-state index contributed by atoms with van der Waals surface area (Å²) in [7, 11) is 0. The second kappa shape index (κ2) is 11.3. The largest absolute Gasteiger partial charge is 0.306 e. The van der Waals surface area contributed by atoms with Crippen molar-refractivity contribution in [1.29, 1.82) is 15.8 Å². The summed E-state index contributed by atoms with van der Waals surface area (Å²) < 4.78 is 0. The molecule has 32 heavy (non-hydrogen) atoms. The summed E-state index contributed by atoms with van der Waals surface area (Å²) in [5.41, 5.74) is 3.24. The number of nitrogens with zero attached hydrogens (tertiary/aromatic N) is 3. The average Bonchev–Trinajstić information content (AvgIpc) is 2.83. The van der Waals surface area contributed by atoms with E-state index in [2.05, 4.69) is 42.6 Å². The lowest BCUT2D eigenvalue weighted by Gasteiger charge is -2.32. The Labute approximate surface area is 195 Å². The van der Waals surface area contributed by atoms with Crippen LogP contribution in [-0.2, 0) is 0 Å². The molecule has 2 unspecified atom stereocenters. The Morgan fingerprint density at radius 1 is 1.03 bits per heavy atom. The number of nitrogens with one attached hydrogen (secondary N) is 1. The summed E-state index contributed by atoms with van der Waals surface area (Å²) in [6.45, 7) is 2.12. The summed E-state index contributed by atoms with van der Waals surface area (Å²) in [4.78, 5) is 0. The van der Waals surface area contributed by atoms with E-state index in [4.69, 9.17) is 11.6 Å². The van der Waals surface area contributed by atoms with Gasteiger partial charge in [0.25, 0.3) is 0 Å². The van der Waals surface area contributed by atoms with Crippen LogP contribution >= 0.6 is 11.6 Å². The van der Waals surface area contributed by atoms with Crippen LogP contribution in [0.5, 0.6) is 0 Å². The van der Waals surface area contributed by atoms with Crippen LogP contribution in [0.1, 0.15) is 60.4 Å². The smallest absolute Gasteiger partial charge is 0.0991 e. The second-order valence-electron chi connectivity index (χ2n) is 8.13. The maximum atomic E-state index is 9.43. The first-order valence-electron chi connectivity index (χ1n) is 10.7. The van der Waals surface area contributed by atoms with Crippen molar-refractivity contribution in [2.45, 2.75) is 44.2 Å². The molecule has 0 fully saturated rings. The van der Waals surface area contributed by atoms with Crippen molar-refractivity contribution in [3.05, 3.63) is 94.0 Å². The molecule has 160 valence electrons. The van der Waals surface area contributed by atoms with E-state index < -0.39 is 0 Å². The van der Waals surface area contributed by atoms with E-state index in [1.54, 1.807) is 6.07 Å². The van der Waals surface area contributed by atoms with Crippen LogP contribution in [0.15, 0.2) is 71.8 Å². The fourth-order valence-electron chi connectivity index (χ4n) is 4.23. The van der Waals surface area contributed by atoms with Gasteiger partial charge in [-0.15, -0.1) is 0 Å². The minimum Gasteiger partial charge on any atom is -0.306 e. The number of allylic oxidation sites excluding steroid dienone is 4. The van der Waals surface area contributed by atoms with Gasteiger partial charge in [0.15, 0.2) is 0 Å². The summed E-state index contributed by atoms with van der Waals surface area (Å²) in [5, 5.41) is 32.5. The van der Waals surface area contributed by atoms with Gasteiger partial charge in [0, 0.05) is 17.1 Å². The SMILES string of the molecule is C[C@H](NC(CC#N)c1cccc(C#N)c1)[C@@H](CC1C=CC(Cl)=CC1)c1cccc(C#N)c1. The van der Waals surface area contributed by atoms with E-state index in [1.165, 1.54) is 0 Å². The molecule has 4 nitrogen and oxygen atoms in total. The number of hydrogen-bond acceptors (Lipinski definition) is 4. The first kappa shape index (κ1) is 23.3. The predicted molar refractivity (Wildman–Crippen MR) is 126 cm³/mol. The second-order valence-corrected chi connectivity index (χ2v) is 8.57. The molecule has 5 heteroatoms. The van der Waals surface area contributed by atoms with Gasteiger partial charge in [-0.3, -0.25) is 0 Å². The Morgan fingerprint density at radius 3 is 2.28 bits per heavy atom. The van der Waals surface area contributed by atoms with Gasteiger partial charge < -0.3 is 5.32 Å². The van der Waals surface area contributed by atoms with Crippen molar-refractivity contribution < 1.29 is 0 Å². The minimum absolute atomic E-state index is 0.0304. The lowest BCUT2D eigenvalue weighted by molar-refractivity contribution is 0.364. The molecule has 0 spiro atoms. The van der Waals surface area contributed by atoms with Gasteiger partial charge in [-0.1, -0.05) is 48.0 Å². The van der Waals surface area contributed by atoms with Gasteiger partial charge in [-0.2, -0.15) is 15.8 Å². The van der Waals surface area contributed by atoms with Crippen molar-refractivity contribution in [1.82, 2.24) is 5.32 Å². The third-order valence-electron chi connectivity index (χ3n) is 5.92. The molecule has 1 aliphatic carbocycles. The summed E-state index contributed by atoms with van der Waals surface area (Å²) >= 11 is 6.11. The fraction of sp³-hybridized carbons (Fsp3) is 0.296. The average molecular weight is 441 g/mol. The van der Waals surface area contributed by atoms with Crippen LogP contribution in [0.25, 0.3) is 0 Å². The van der Waals surface area contributed by atoms with Crippen molar-refractivity contribution >= 4 is 11.6 Å². The summed E-state index contributed by atoms with van der Waals surface area (Å²) in [6.07, 6.45) is 8.20. The highest BCUT2D eigenvalue weighted by atomic mass is 35.5. The Bertz CT molecular complexity index is 1130. The fourth-order valence-corrected chi connectivity index (χ4v) is 4.39. The lowest BCUT2D eigenvalue weighted by atomic mass is 9.81. The van der Waals surface area contributed by atoms with Crippen molar-refractivity contribution in [2.24, 2.45) is 5.92 Å². The first-order valence-corrected chi connectivity index (χ1v) is 11.1. The van der Waals surface area contributed by atoms with Gasteiger partial charge in [0.2, 0.25) is 0 Å². The normalized spacial score (nSPS) is 17.8. The molecular weight excluding hydrogens is 416 g/mol. The number of halogens is 1. The first-order chi connectivity index (χ1) is 15.5. The highest BCUT2D eigenvalue weighted by Gasteiger charge is 2.26. The molecular formula is C27H25ClN4. The summed E-state index contributed by atoms with van der Waals surface area (Å²) in [6, 6.07) is 21.7. The predicted octanol–water partition coefficient (Wildman–Crippen LogP) is 6.24. The molecule has 0 radical (unpaired) electrons. The maximum absolute atomic E-state index is 9.43. The van der Waals surface area contributed by atoms with Crippen molar-refractivity contribution in [2.75, 3.05) is 0 Å². The third kappa shape index (κ3) is 6.09. The molecule has 2 aromatic carbocycles. The lowest BCUT2D eigenvalue weighted by Crippen LogP contribution is -2.36. The maximum Gasteiger partial charge on any atom is 0.0991 e. The van der Waals surface area contributed by atoms with Crippen LogP contribution in [0.2, 0.25) is 0 Å². The summed E-state index contributed by atoms with van der Waals surface area (Å²) in [5.74, 6) is 0.470. The monoisotopic (exact) mass is 440 g/mol. The Kier molecular flexibility index (Phi) is 8.24. The molecule has 1 N–H and O–H groups in total. The molecule has 3 rings (SSSR count). The standard InChI is InChI=1S/C27H25ClN4/c1-19(32-27(12-13-29)24-7-3-5-22(15-24)18-31)26(16-20-8-10-25(28)11-9-20)23-6-2-4-21(14-23)17-30/h2-8,10-11,14-15,19-20,26-27,32H,9,12,16H2,1H3/t19-,20?,26+,27?/m0/s1. The van der Waals surface area contributed by atoms with Gasteiger partial charge in [0.05, 0.1) is 35.8 Å².